The van der Waals surface area contributed by atoms with Crippen molar-refractivity contribution in [1.29, 1.82) is 0 Å². The van der Waals surface area contributed by atoms with Crippen molar-refractivity contribution in [3.63, 3.8) is 0 Å². The van der Waals surface area contributed by atoms with Crippen molar-refractivity contribution in [2.24, 2.45) is 5.29 Å². The smallest absolute Gasteiger partial charge is 0.340 e. The van der Waals surface area contributed by atoms with Crippen LogP contribution in [-0.2, 0) is 9.47 Å². The van der Waals surface area contributed by atoms with Crippen LogP contribution < -0.4 is 5.32 Å². The van der Waals surface area contributed by atoms with Gasteiger partial charge in [-0.15, -0.1) is 4.91 Å². The van der Waals surface area contributed by atoms with E-state index in [9.17, 15) is 25.0 Å². The number of methoxy groups -OCH3 is 1. The summed E-state index contributed by atoms with van der Waals surface area (Å²) in [4.78, 5) is 22.1. The van der Waals surface area contributed by atoms with Crippen molar-refractivity contribution in [2.45, 2.75) is 44.1 Å². The summed E-state index contributed by atoms with van der Waals surface area (Å²) in [5.74, 6) is 0. The first kappa shape index (κ1) is 17.7. The van der Waals surface area contributed by atoms with E-state index >= 15 is 0 Å². The number of nitrogens with one attached hydrogen (secondary N) is 1. The van der Waals surface area contributed by atoms with E-state index in [0.717, 1.165) is 0 Å². The topological polar surface area (TPSA) is 141 Å². The number of rotatable bonds is 6. The predicted octanol–water partition coefficient (Wildman–Crippen LogP) is -1.46. The fourth-order valence-electron chi connectivity index (χ4n) is 1.95. The number of hydrogen-bond acceptors (Lipinski definition) is 8. The minimum atomic E-state index is -1.47. The molecule has 0 spiro atoms. The average Bonchev–Trinajstić information content (AvgIpc) is 2.49. The molecule has 0 aromatic carbocycles. The van der Waals surface area contributed by atoms with Crippen LogP contribution >= 0.6 is 0 Å². The number of aliphatic hydroxyl groups is 3. The number of hydrogen-bond donors (Lipinski definition) is 4. The molecule has 10 nitrogen and oxygen atoms in total. The molecule has 0 aromatic rings. The summed E-state index contributed by atoms with van der Waals surface area (Å²) in [6.45, 7) is 1.76. The van der Waals surface area contributed by atoms with Crippen LogP contribution in [0.3, 0.4) is 0 Å². The lowest BCUT2D eigenvalue weighted by atomic mass is 9.99. The first-order chi connectivity index (χ1) is 9.96. The summed E-state index contributed by atoms with van der Waals surface area (Å²) in [6.07, 6.45) is -5.84. The maximum atomic E-state index is 11.7. The number of nitrogens with zero attached hydrogens (tertiary/aromatic N) is 2. The Bertz CT molecular complexity index is 355. The van der Waals surface area contributed by atoms with Crippen LogP contribution in [0.25, 0.3) is 0 Å². The van der Waals surface area contributed by atoms with Crippen molar-refractivity contribution in [1.82, 2.24) is 10.3 Å². The molecule has 0 aliphatic carbocycles. The van der Waals surface area contributed by atoms with Gasteiger partial charge in [0, 0.05) is 20.2 Å². The Morgan fingerprint density at radius 1 is 1.33 bits per heavy atom. The molecular weight excluding hydrogens is 286 g/mol. The normalized spacial score (nSPS) is 32.5. The summed E-state index contributed by atoms with van der Waals surface area (Å²) < 4.78 is 10.1. The molecule has 2 amide bonds. The van der Waals surface area contributed by atoms with Crippen molar-refractivity contribution in [3.8, 4) is 0 Å². The third kappa shape index (κ3) is 4.32. The number of urea groups is 1. The highest BCUT2D eigenvalue weighted by Crippen LogP contribution is 2.21. The molecule has 1 fully saturated rings. The van der Waals surface area contributed by atoms with Gasteiger partial charge in [-0.25, -0.2) is 4.79 Å². The zero-order valence-corrected chi connectivity index (χ0v) is 11.9. The zero-order valence-electron chi connectivity index (χ0n) is 11.9. The molecule has 1 heterocycles. The molecule has 5 atom stereocenters. The largest absolute Gasteiger partial charge is 0.388 e. The molecule has 0 aromatic heterocycles. The maximum absolute atomic E-state index is 11.7. The molecule has 10 heteroatoms. The van der Waals surface area contributed by atoms with Gasteiger partial charge >= 0.3 is 6.03 Å². The van der Waals surface area contributed by atoms with Crippen molar-refractivity contribution < 1.29 is 29.6 Å². The Balaban J connectivity index is 2.57. The van der Waals surface area contributed by atoms with Gasteiger partial charge in [-0.05, 0) is 6.42 Å². The molecule has 0 saturated carbocycles. The van der Waals surface area contributed by atoms with E-state index < -0.39 is 36.7 Å². The highest BCUT2D eigenvalue weighted by Gasteiger charge is 2.43. The molecule has 1 aliphatic heterocycles. The van der Waals surface area contributed by atoms with Crippen LogP contribution in [0.4, 0.5) is 4.79 Å². The minimum Gasteiger partial charge on any atom is -0.388 e. The van der Waals surface area contributed by atoms with Gasteiger partial charge in [0.25, 0.3) is 0 Å². The Labute approximate surface area is 121 Å². The maximum Gasteiger partial charge on any atom is 0.340 e. The summed E-state index contributed by atoms with van der Waals surface area (Å²) >= 11 is 0. The molecule has 122 valence electrons. The lowest BCUT2D eigenvalue weighted by molar-refractivity contribution is -0.288. The Hall–Kier alpha value is -1.33. The van der Waals surface area contributed by atoms with E-state index in [1.54, 1.807) is 6.92 Å². The number of carbonyl (C=O) groups is 1. The minimum absolute atomic E-state index is 0.158. The van der Waals surface area contributed by atoms with Crippen LogP contribution in [0.15, 0.2) is 5.29 Å². The van der Waals surface area contributed by atoms with Gasteiger partial charge in [0.15, 0.2) is 6.29 Å². The van der Waals surface area contributed by atoms with Gasteiger partial charge in [0.2, 0.25) is 0 Å². The summed E-state index contributed by atoms with van der Waals surface area (Å²) in [5, 5.41) is 34.7. The summed E-state index contributed by atoms with van der Waals surface area (Å²) in [6, 6.07) is -0.739. The standard InChI is InChI=1S/C11H21N3O7/c1-3-4-14(13-19)11(18)12-5-6-7(15)8(16)9(17)10(20-2)21-6/h6-10,15-17H,3-5H2,1-2H3,(H,12,18)/t6-,7-,8+,9-,10+/m1/s1. The Morgan fingerprint density at radius 3 is 2.52 bits per heavy atom. The Kier molecular flexibility index (Phi) is 6.92. The number of aliphatic hydroxyl groups excluding tert-OH is 3. The monoisotopic (exact) mass is 307 g/mol. The molecular formula is C11H21N3O7. The fourth-order valence-corrected chi connectivity index (χ4v) is 1.95. The fraction of sp³-hybridized carbons (Fsp3) is 0.909. The summed E-state index contributed by atoms with van der Waals surface area (Å²) in [7, 11) is 1.27. The van der Waals surface area contributed by atoms with Gasteiger partial charge in [0.05, 0.1) is 5.29 Å². The predicted molar refractivity (Wildman–Crippen MR) is 69.9 cm³/mol. The van der Waals surface area contributed by atoms with Gasteiger partial charge < -0.3 is 30.1 Å². The van der Waals surface area contributed by atoms with Crippen LogP contribution in [0, 0.1) is 4.91 Å². The lowest BCUT2D eigenvalue weighted by Gasteiger charge is -2.39. The van der Waals surface area contributed by atoms with E-state index in [4.69, 9.17) is 9.47 Å². The average molecular weight is 307 g/mol. The number of ether oxygens (including phenoxy) is 2. The first-order valence-electron chi connectivity index (χ1n) is 6.57. The molecule has 1 aliphatic rings. The number of nitroso groups, excluding NO2 is 1. The lowest BCUT2D eigenvalue weighted by Crippen LogP contribution is -2.60. The van der Waals surface area contributed by atoms with Crippen molar-refractivity contribution in [2.75, 3.05) is 20.2 Å². The molecule has 21 heavy (non-hydrogen) atoms. The third-order valence-corrected chi connectivity index (χ3v) is 3.12. The molecule has 0 radical (unpaired) electrons. The summed E-state index contributed by atoms with van der Waals surface area (Å²) in [5.41, 5.74) is 0. The SMILES string of the molecule is CCCN(N=O)C(=O)NC[C@H]1O[C@H](OC)[C@H](O)[C@@H](O)[C@@H]1O. The van der Waals surface area contributed by atoms with Crippen molar-refractivity contribution >= 4 is 6.03 Å². The second kappa shape index (κ2) is 8.20. The Morgan fingerprint density at radius 2 is 2.00 bits per heavy atom. The second-order valence-corrected chi connectivity index (χ2v) is 4.64. The van der Waals surface area contributed by atoms with E-state index in [-0.39, 0.29) is 13.1 Å². The van der Waals surface area contributed by atoms with Crippen LogP contribution in [0.2, 0.25) is 0 Å². The van der Waals surface area contributed by atoms with E-state index in [1.807, 2.05) is 0 Å². The van der Waals surface area contributed by atoms with E-state index in [1.165, 1.54) is 7.11 Å². The zero-order chi connectivity index (χ0) is 16.0. The van der Waals surface area contributed by atoms with Gasteiger partial charge in [-0.1, -0.05) is 6.92 Å². The molecule has 0 unspecified atom stereocenters. The van der Waals surface area contributed by atoms with Gasteiger partial charge in [-0.2, -0.15) is 5.01 Å². The quantitative estimate of drug-likeness (QED) is 0.347. The highest BCUT2D eigenvalue weighted by atomic mass is 16.7. The number of amides is 2. The van der Waals surface area contributed by atoms with E-state index in [0.29, 0.717) is 11.4 Å². The van der Waals surface area contributed by atoms with Crippen LogP contribution in [0.1, 0.15) is 13.3 Å². The molecule has 4 N–H and O–H groups in total. The van der Waals surface area contributed by atoms with Crippen LogP contribution in [-0.4, -0.2) is 77.3 Å². The first-order valence-corrected chi connectivity index (χ1v) is 6.57. The van der Waals surface area contributed by atoms with Gasteiger partial charge in [0.1, 0.15) is 24.4 Å². The highest BCUT2D eigenvalue weighted by molar-refractivity contribution is 5.73. The number of carbonyl (C=O) groups excluding carboxylic acids is 1. The van der Waals surface area contributed by atoms with Crippen molar-refractivity contribution in [3.05, 3.63) is 4.91 Å². The molecule has 1 saturated heterocycles. The molecule has 1 rings (SSSR count). The van der Waals surface area contributed by atoms with Crippen LogP contribution in [0.5, 0.6) is 0 Å². The van der Waals surface area contributed by atoms with Gasteiger partial charge in [-0.3, -0.25) is 0 Å². The second-order valence-electron chi connectivity index (χ2n) is 4.64. The third-order valence-electron chi connectivity index (χ3n) is 3.12. The van der Waals surface area contributed by atoms with E-state index in [2.05, 4.69) is 10.6 Å². The molecule has 0 bridgehead atoms.